The van der Waals surface area contributed by atoms with Gasteiger partial charge in [-0.15, -0.1) is 0 Å². The smallest absolute Gasteiger partial charge is 0.288 e. The van der Waals surface area contributed by atoms with Crippen LogP contribution in [-0.2, 0) is 4.79 Å². The maximum absolute atomic E-state index is 11.0. The van der Waals surface area contributed by atoms with Gasteiger partial charge in [-0.25, -0.2) is 0 Å². The van der Waals surface area contributed by atoms with Crippen LogP contribution < -0.4 is 9.80 Å². The molecule has 0 atom stereocenters. The molecule has 0 bridgehead atoms. The van der Waals surface area contributed by atoms with Crippen molar-refractivity contribution >= 4 is 27.5 Å². The second kappa shape index (κ2) is 3.01. The molecule has 0 unspecified atom stereocenters. The molecule has 0 fully saturated rings. The number of hydrogen-bond donors (Lipinski definition) is 1. The SMILES string of the molecule is O=C1COc2ccc(Br)cc2N1O. The third-order valence-electron chi connectivity index (χ3n) is 1.74. The number of anilines is 1. The Bertz CT molecular complexity index is 366. The Labute approximate surface area is 82.8 Å². The maximum Gasteiger partial charge on any atom is 0.288 e. The molecule has 1 N–H and O–H groups in total. The Morgan fingerprint density at radius 1 is 1.54 bits per heavy atom. The minimum absolute atomic E-state index is 0.120. The van der Waals surface area contributed by atoms with Crippen molar-refractivity contribution in [1.29, 1.82) is 0 Å². The Morgan fingerprint density at radius 3 is 3.08 bits per heavy atom. The molecule has 13 heavy (non-hydrogen) atoms. The van der Waals surface area contributed by atoms with Crippen LogP contribution in [0, 0.1) is 0 Å². The molecule has 1 aromatic rings. The highest BCUT2D eigenvalue weighted by atomic mass is 79.9. The van der Waals surface area contributed by atoms with Crippen molar-refractivity contribution < 1.29 is 14.7 Å². The fourth-order valence-electron chi connectivity index (χ4n) is 1.11. The summed E-state index contributed by atoms with van der Waals surface area (Å²) in [7, 11) is 0. The first-order valence-electron chi connectivity index (χ1n) is 3.62. The zero-order valence-corrected chi connectivity index (χ0v) is 8.11. The van der Waals surface area contributed by atoms with Crippen molar-refractivity contribution in [3.8, 4) is 5.75 Å². The molecular formula is C8H6BrNO3. The van der Waals surface area contributed by atoms with Crippen molar-refractivity contribution in [2.24, 2.45) is 0 Å². The third kappa shape index (κ3) is 1.40. The van der Waals surface area contributed by atoms with Gasteiger partial charge in [0.2, 0.25) is 0 Å². The highest BCUT2D eigenvalue weighted by Gasteiger charge is 2.23. The van der Waals surface area contributed by atoms with Gasteiger partial charge in [-0.1, -0.05) is 15.9 Å². The minimum atomic E-state index is -0.467. The molecule has 0 aromatic heterocycles. The van der Waals surface area contributed by atoms with Crippen LogP contribution in [0.1, 0.15) is 0 Å². The second-order valence-electron chi connectivity index (χ2n) is 2.61. The lowest BCUT2D eigenvalue weighted by Crippen LogP contribution is -2.35. The predicted octanol–water partition coefficient (Wildman–Crippen LogP) is 1.56. The number of nitrogens with zero attached hydrogens (tertiary/aromatic N) is 1. The summed E-state index contributed by atoms with van der Waals surface area (Å²) in [5.41, 5.74) is 0.366. The van der Waals surface area contributed by atoms with Gasteiger partial charge < -0.3 is 4.74 Å². The van der Waals surface area contributed by atoms with E-state index in [0.29, 0.717) is 16.5 Å². The van der Waals surface area contributed by atoms with Gasteiger partial charge in [-0.3, -0.25) is 10.0 Å². The van der Waals surface area contributed by atoms with E-state index < -0.39 is 5.91 Å². The maximum atomic E-state index is 11.0. The Hall–Kier alpha value is -1.07. The van der Waals surface area contributed by atoms with Crippen molar-refractivity contribution in [2.45, 2.75) is 0 Å². The quantitative estimate of drug-likeness (QED) is 0.704. The molecule has 1 aromatic carbocycles. The van der Waals surface area contributed by atoms with E-state index in [-0.39, 0.29) is 6.61 Å². The van der Waals surface area contributed by atoms with E-state index in [1.54, 1.807) is 18.2 Å². The average molecular weight is 244 g/mol. The van der Waals surface area contributed by atoms with E-state index in [9.17, 15) is 10.0 Å². The highest BCUT2D eigenvalue weighted by Crippen LogP contribution is 2.33. The van der Waals surface area contributed by atoms with Crippen molar-refractivity contribution in [1.82, 2.24) is 0 Å². The lowest BCUT2D eigenvalue weighted by molar-refractivity contribution is -0.126. The summed E-state index contributed by atoms with van der Waals surface area (Å²) in [6, 6.07) is 5.09. The van der Waals surface area contributed by atoms with Crippen LogP contribution in [0.4, 0.5) is 5.69 Å². The topological polar surface area (TPSA) is 49.8 Å². The number of hydrogen-bond acceptors (Lipinski definition) is 3. The molecule has 0 saturated heterocycles. The summed E-state index contributed by atoms with van der Waals surface area (Å²) in [4.78, 5) is 11.0. The van der Waals surface area contributed by atoms with Crippen LogP contribution in [0.5, 0.6) is 5.75 Å². The molecule has 68 valence electrons. The normalized spacial score (nSPS) is 15.2. The van der Waals surface area contributed by atoms with Gasteiger partial charge in [-0.05, 0) is 18.2 Å². The first-order valence-corrected chi connectivity index (χ1v) is 4.42. The summed E-state index contributed by atoms with van der Waals surface area (Å²) < 4.78 is 5.87. The molecule has 0 radical (unpaired) electrons. The highest BCUT2D eigenvalue weighted by molar-refractivity contribution is 9.10. The Morgan fingerprint density at radius 2 is 2.31 bits per heavy atom. The minimum Gasteiger partial charge on any atom is -0.481 e. The van der Waals surface area contributed by atoms with Crippen molar-refractivity contribution in [3.05, 3.63) is 22.7 Å². The number of fused-ring (bicyclic) bond motifs is 1. The largest absolute Gasteiger partial charge is 0.481 e. The van der Waals surface area contributed by atoms with Gasteiger partial charge in [0.1, 0.15) is 11.4 Å². The predicted molar refractivity (Wildman–Crippen MR) is 48.9 cm³/mol. The summed E-state index contributed by atoms with van der Waals surface area (Å²) in [5, 5.41) is 9.94. The molecule has 1 amide bonds. The first-order chi connectivity index (χ1) is 6.18. The van der Waals surface area contributed by atoms with Crippen LogP contribution in [0.25, 0.3) is 0 Å². The number of carbonyl (C=O) groups is 1. The second-order valence-corrected chi connectivity index (χ2v) is 3.52. The standard InChI is InChI=1S/C8H6BrNO3/c9-5-1-2-7-6(3-5)10(12)8(11)4-13-7/h1-3,12H,4H2. The van der Waals surface area contributed by atoms with Gasteiger partial charge in [0.15, 0.2) is 6.61 Å². The van der Waals surface area contributed by atoms with Crippen molar-refractivity contribution in [3.63, 3.8) is 0 Å². The number of rotatable bonds is 0. The third-order valence-corrected chi connectivity index (χ3v) is 2.23. The van der Waals surface area contributed by atoms with E-state index >= 15 is 0 Å². The van der Waals surface area contributed by atoms with Crippen LogP contribution in [0.3, 0.4) is 0 Å². The summed E-state index contributed by atoms with van der Waals surface area (Å²) in [5.74, 6) is 0.0379. The van der Waals surface area contributed by atoms with Gasteiger partial charge in [0.25, 0.3) is 5.91 Å². The lowest BCUT2D eigenvalue weighted by Gasteiger charge is -2.23. The van der Waals surface area contributed by atoms with E-state index in [1.165, 1.54) is 0 Å². The zero-order valence-electron chi connectivity index (χ0n) is 6.53. The molecule has 4 nitrogen and oxygen atoms in total. The van der Waals surface area contributed by atoms with Gasteiger partial charge >= 0.3 is 0 Å². The van der Waals surface area contributed by atoms with Crippen LogP contribution >= 0.6 is 15.9 Å². The summed E-state index contributed by atoms with van der Waals surface area (Å²) in [6.45, 7) is -0.120. The molecule has 1 aliphatic rings. The van der Waals surface area contributed by atoms with E-state index in [1.807, 2.05) is 0 Å². The monoisotopic (exact) mass is 243 g/mol. The van der Waals surface area contributed by atoms with E-state index in [4.69, 9.17) is 4.74 Å². The molecule has 0 aliphatic carbocycles. The Balaban J connectivity index is 2.51. The summed E-state index contributed by atoms with van der Waals surface area (Å²) in [6.07, 6.45) is 0. The summed E-state index contributed by atoms with van der Waals surface area (Å²) >= 11 is 3.23. The molecule has 0 spiro atoms. The number of hydroxylamine groups is 1. The van der Waals surface area contributed by atoms with Gasteiger partial charge in [0, 0.05) is 4.47 Å². The fraction of sp³-hybridized carbons (Fsp3) is 0.125. The van der Waals surface area contributed by atoms with Gasteiger partial charge in [-0.2, -0.15) is 5.06 Å². The molecule has 1 aliphatic heterocycles. The number of ether oxygens (including phenoxy) is 1. The number of halogens is 1. The molecule has 2 rings (SSSR count). The van der Waals surface area contributed by atoms with E-state index in [2.05, 4.69) is 15.9 Å². The molecular weight excluding hydrogens is 238 g/mol. The molecule has 5 heteroatoms. The molecule has 0 saturated carbocycles. The molecule has 1 heterocycles. The van der Waals surface area contributed by atoms with E-state index in [0.717, 1.165) is 4.47 Å². The van der Waals surface area contributed by atoms with Crippen LogP contribution in [0.2, 0.25) is 0 Å². The average Bonchev–Trinajstić information content (AvgIpc) is 2.12. The Kier molecular flexibility index (Phi) is 1.97. The fourth-order valence-corrected chi connectivity index (χ4v) is 1.46. The van der Waals surface area contributed by atoms with Gasteiger partial charge in [0.05, 0.1) is 0 Å². The number of benzene rings is 1. The van der Waals surface area contributed by atoms with Crippen LogP contribution in [-0.4, -0.2) is 17.7 Å². The number of amides is 1. The lowest BCUT2D eigenvalue weighted by atomic mass is 10.2. The number of carbonyl (C=O) groups excluding carboxylic acids is 1. The van der Waals surface area contributed by atoms with Crippen molar-refractivity contribution in [2.75, 3.05) is 11.7 Å². The van der Waals surface area contributed by atoms with Crippen LogP contribution in [0.15, 0.2) is 22.7 Å². The first kappa shape index (κ1) is 8.52. The zero-order chi connectivity index (χ0) is 9.42.